The van der Waals surface area contributed by atoms with Gasteiger partial charge in [0, 0.05) is 42.7 Å². The van der Waals surface area contributed by atoms with Crippen molar-refractivity contribution in [2.45, 2.75) is 25.2 Å². The van der Waals surface area contributed by atoms with Gasteiger partial charge in [-0.3, -0.25) is 0 Å². The smallest absolute Gasteiger partial charge is 0.385 e. The Morgan fingerprint density at radius 1 is 1.00 bits per heavy atom. The van der Waals surface area contributed by atoms with E-state index in [0.717, 1.165) is 12.1 Å². The van der Waals surface area contributed by atoms with Crippen LogP contribution in [-0.2, 0) is 12.4 Å². The third-order valence-electron chi connectivity index (χ3n) is 4.90. The molecule has 0 radical (unpaired) electrons. The van der Waals surface area contributed by atoms with E-state index < -0.39 is 29.3 Å². The normalized spacial score (nSPS) is 17.2. The first-order chi connectivity index (χ1) is 14.9. The summed E-state index contributed by atoms with van der Waals surface area (Å²) in [5.41, 5.74) is 3.91. The number of rotatable bonds is 3. The fraction of sp³-hybridized carbons (Fsp3) is 0.300. The molecule has 0 saturated carbocycles. The van der Waals surface area contributed by atoms with Crippen molar-refractivity contribution in [2.75, 3.05) is 23.3 Å². The summed E-state index contributed by atoms with van der Waals surface area (Å²) in [6.07, 6.45) is -8.07. The lowest BCUT2D eigenvalue weighted by atomic mass is 10.1. The van der Waals surface area contributed by atoms with Crippen LogP contribution in [-0.4, -0.2) is 23.8 Å². The Morgan fingerprint density at radius 2 is 1.66 bits per heavy atom. The number of aromatic nitrogens is 1. The van der Waals surface area contributed by atoms with Gasteiger partial charge < -0.3 is 21.4 Å². The van der Waals surface area contributed by atoms with Gasteiger partial charge in [0.05, 0.1) is 11.1 Å². The molecule has 172 valence electrons. The second-order valence-corrected chi connectivity index (χ2v) is 7.05. The second-order valence-electron chi connectivity index (χ2n) is 7.05. The molecule has 1 aliphatic rings. The average molecular weight is 461 g/mol. The molecule has 1 fully saturated rings. The lowest BCUT2D eigenvalue weighted by Crippen LogP contribution is -2.28. The summed E-state index contributed by atoms with van der Waals surface area (Å²) in [5.74, 6) is -1.84. The highest BCUT2D eigenvalue weighted by Crippen LogP contribution is 2.36. The molecule has 2 aromatic rings. The Hall–Kier alpha value is -3.31. The number of alkyl halides is 6. The van der Waals surface area contributed by atoms with E-state index in [1.807, 2.05) is 0 Å². The first-order valence-corrected chi connectivity index (χ1v) is 9.35. The minimum absolute atomic E-state index is 0.0503. The molecule has 0 atom stereocenters. The van der Waals surface area contributed by atoms with Crippen molar-refractivity contribution in [3.05, 3.63) is 64.9 Å². The van der Waals surface area contributed by atoms with E-state index in [9.17, 15) is 30.7 Å². The van der Waals surface area contributed by atoms with E-state index in [1.165, 1.54) is 17.2 Å². The van der Waals surface area contributed by atoms with Gasteiger partial charge >= 0.3 is 12.4 Å². The van der Waals surface area contributed by atoms with Crippen LogP contribution in [0.5, 0.6) is 0 Å². The summed E-state index contributed by atoms with van der Waals surface area (Å²) >= 11 is 0. The molecule has 1 aromatic carbocycles. The summed E-state index contributed by atoms with van der Waals surface area (Å²) in [4.78, 5) is 5.25. The maximum Gasteiger partial charge on any atom is 0.419 e. The Labute approximate surface area is 178 Å². The second kappa shape index (κ2) is 8.67. The number of nitrogens with two attached hydrogens (primary N) is 1. The molecule has 3 rings (SSSR count). The molecule has 1 aliphatic heterocycles. The molecule has 0 bridgehead atoms. The fourth-order valence-corrected chi connectivity index (χ4v) is 3.34. The van der Waals surface area contributed by atoms with E-state index >= 15 is 0 Å². The molecule has 2 heterocycles. The first-order valence-electron chi connectivity index (χ1n) is 9.35. The van der Waals surface area contributed by atoms with Gasteiger partial charge in [0.2, 0.25) is 0 Å². The van der Waals surface area contributed by atoms with Crippen molar-refractivity contribution >= 4 is 17.2 Å². The maximum atomic E-state index is 13.8. The zero-order chi connectivity index (χ0) is 23.7. The van der Waals surface area contributed by atoms with Crippen LogP contribution < -0.4 is 16.0 Å². The zero-order valence-corrected chi connectivity index (χ0v) is 16.4. The van der Waals surface area contributed by atoms with Crippen LogP contribution in [0.25, 0.3) is 0 Å². The van der Waals surface area contributed by atoms with Gasteiger partial charge in [0.15, 0.2) is 0 Å². The minimum atomic E-state index is -4.85. The molecule has 1 aromatic heterocycles. The molecule has 32 heavy (non-hydrogen) atoms. The van der Waals surface area contributed by atoms with E-state index in [0.29, 0.717) is 12.1 Å². The van der Waals surface area contributed by atoms with Crippen LogP contribution in [0.4, 0.5) is 42.2 Å². The van der Waals surface area contributed by atoms with Gasteiger partial charge in [-0.05, 0) is 36.8 Å². The predicted molar refractivity (Wildman–Crippen MR) is 105 cm³/mol. The predicted octanol–water partition coefficient (Wildman–Crippen LogP) is 5.16. The topological polar surface area (TPSA) is 78.0 Å². The number of benzene rings is 1. The number of hydrogen-bond donors (Lipinski definition) is 3. The number of anilines is 2. The van der Waals surface area contributed by atoms with Crippen LogP contribution >= 0.6 is 0 Å². The highest BCUT2D eigenvalue weighted by atomic mass is 19.4. The maximum absolute atomic E-state index is 13.8. The number of hydrogen-bond acceptors (Lipinski definition) is 5. The van der Waals surface area contributed by atoms with Crippen molar-refractivity contribution in [1.82, 2.24) is 4.98 Å². The number of pyridine rings is 1. The van der Waals surface area contributed by atoms with Crippen LogP contribution in [0.1, 0.15) is 24.0 Å². The fourth-order valence-electron chi connectivity index (χ4n) is 3.34. The zero-order valence-electron chi connectivity index (χ0n) is 16.4. The molecule has 5 nitrogen and oxygen atoms in total. The van der Waals surface area contributed by atoms with Gasteiger partial charge in [-0.2, -0.15) is 26.3 Å². The highest BCUT2D eigenvalue weighted by molar-refractivity contribution is 5.99. The van der Waals surface area contributed by atoms with Crippen LogP contribution in [0, 0.1) is 11.2 Å². The monoisotopic (exact) mass is 461 g/mol. The van der Waals surface area contributed by atoms with E-state index in [1.54, 1.807) is 0 Å². The summed E-state index contributed by atoms with van der Waals surface area (Å²) in [5, 5.41) is 10.8. The number of nitrogens with one attached hydrogen (secondary N) is 2. The standard InChI is InChI=1S/C20H18F7N5/c21-15-10-11(3-4-13(15)19(22,23)24)31-17(29)12-5-8-32(9-6-16(12)28)18-14(20(25,26)27)2-1-7-30-18/h1-4,7,10,28,31H,5-6,8-9,29H2/b17-12+,28-16?. The largest absolute Gasteiger partial charge is 0.419 e. The van der Waals surface area contributed by atoms with E-state index in [-0.39, 0.29) is 54.5 Å². The van der Waals surface area contributed by atoms with Crippen LogP contribution in [0.2, 0.25) is 0 Å². The molecular weight excluding hydrogens is 443 g/mol. The Balaban J connectivity index is 1.82. The third kappa shape index (κ3) is 5.11. The summed E-state index contributed by atoms with van der Waals surface area (Å²) in [6.45, 7) is 0.159. The van der Waals surface area contributed by atoms with Gasteiger partial charge in [0.1, 0.15) is 17.5 Å². The molecule has 0 amide bonds. The Bertz CT molecular complexity index is 1040. The molecule has 1 saturated heterocycles. The summed E-state index contributed by atoms with van der Waals surface area (Å²) in [7, 11) is 0. The summed E-state index contributed by atoms with van der Waals surface area (Å²) < 4.78 is 91.9. The van der Waals surface area contributed by atoms with Crippen molar-refractivity contribution < 1.29 is 30.7 Å². The molecular formula is C20H18F7N5. The Morgan fingerprint density at radius 3 is 2.28 bits per heavy atom. The molecule has 12 heteroatoms. The van der Waals surface area contributed by atoms with E-state index in [4.69, 9.17) is 11.1 Å². The van der Waals surface area contributed by atoms with Gasteiger partial charge in [-0.25, -0.2) is 9.37 Å². The summed E-state index contributed by atoms with van der Waals surface area (Å²) in [6, 6.07) is 4.30. The van der Waals surface area contributed by atoms with Crippen LogP contribution in [0.3, 0.4) is 0 Å². The van der Waals surface area contributed by atoms with Crippen molar-refractivity contribution in [1.29, 1.82) is 5.41 Å². The van der Waals surface area contributed by atoms with Gasteiger partial charge in [0.25, 0.3) is 0 Å². The Kier molecular flexibility index (Phi) is 6.33. The lowest BCUT2D eigenvalue weighted by Gasteiger charge is -2.24. The lowest BCUT2D eigenvalue weighted by molar-refractivity contribution is -0.140. The first kappa shape index (κ1) is 23.4. The average Bonchev–Trinajstić information content (AvgIpc) is 2.88. The van der Waals surface area contributed by atoms with Crippen LogP contribution in [0.15, 0.2) is 47.9 Å². The third-order valence-corrected chi connectivity index (χ3v) is 4.90. The molecule has 0 unspecified atom stereocenters. The van der Waals surface area contributed by atoms with Crippen molar-refractivity contribution in [2.24, 2.45) is 5.73 Å². The quantitative estimate of drug-likeness (QED) is 0.552. The minimum Gasteiger partial charge on any atom is -0.385 e. The van der Waals surface area contributed by atoms with Crippen molar-refractivity contribution in [3.8, 4) is 0 Å². The number of nitrogens with zero attached hydrogens (tertiary/aromatic N) is 2. The van der Waals surface area contributed by atoms with Crippen molar-refractivity contribution in [3.63, 3.8) is 0 Å². The van der Waals surface area contributed by atoms with Gasteiger partial charge in [-0.1, -0.05) is 0 Å². The molecule has 0 aliphatic carbocycles. The molecule has 4 N–H and O–H groups in total. The SMILES string of the molecule is N=C1CCN(c2ncccc2C(F)(F)F)CC/C1=C(/N)Nc1ccc(C(F)(F)F)c(F)c1. The van der Waals surface area contributed by atoms with E-state index in [2.05, 4.69) is 10.3 Å². The van der Waals surface area contributed by atoms with Gasteiger partial charge in [-0.15, -0.1) is 0 Å². The highest BCUT2D eigenvalue weighted by Gasteiger charge is 2.36. The number of halogens is 7. The molecule has 0 spiro atoms.